The number of likely N-dealkylation sites (tertiary alicyclic amines) is 2. The maximum absolute atomic E-state index is 14.2. The number of carbonyl (C=O) groups is 1. The number of β-amino-alcohol motifs (C(OH)–C–C–N with tert-alkyl or cyclic N) is 1. The SMILES string of the molecule is COCc1cc(C(=O)NC2(c3nc4cc(CN5CC(F)C5)cc(C#N)c4o3)C=CC=C(c3ccccc3Cl)C2Cl)ncc1CN1CC(O)C1. The van der Waals surface area contributed by atoms with Gasteiger partial charge in [0.2, 0.25) is 5.89 Å². The number of amides is 1. The number of alkyl halides is 2. The molecule has 49 heavy (non-hydrogen) atoms. The van der Waals surface area contributed by atoms with E-state index in [-0.39, 0.29) is 35.4 Å². The molecular formula is C36H33Cl2FN6O4. The number of hydrogen-bond donors (Lipinski definition) is 2. The highest BCUT2D eigenvalue weighted by Gasteiger charge is 2.47. The van der Waals surface area contributed by atoms with E-state index in [4.69, 9.17) is 37.3 Å². The predicted molar refractivity (Wildman–Crippen MR) is 182 cm³/mol. The van der Waals surface area contributed by atoms with Crippen molar-refractivity contribution in [3.63, 3.8) is 0 Å². The van der Waals surface area contributed by atoms with E-state index in [0.717, 1.165) is 16.7 Å². The van der Waals surface area contributed by atoms with Gasteiger partial charge in [0.15, 0.2) is 11.1 Å². The zero-order valence-electron chi connectivity index (χ0n) is 26.6. The molecule has 2 atom stereocenters. The Morgan fingerprint density at radius 3 is 2.67 bits per heavy atom. The molecule has 0 bridgehead atoms. The van der Waals surface area contributed by atoms with Gasteiger partial charge in [-0.05, 0) is 58.2 Å². The largest absolute Gasteiger partial charge is 0.436 e. The first kappa shape index (κ1) is 33.4. The number of halogens is 3. The fraction of sp³-hybridized carbons (Fsp3) is 0.333. The Morgan fingerprint density at radius 1 is 1.18 bits per heavy atom. The summed E-state index contributed by atoms with van der Waals surface area (Å²) in [5.41, 5.74) is 3.24. The summed E-state index contributed by atoms with van der Waals surface area (Å²) < 4.78 is 25.3. The molecular weight excluding hydrogens is 670 g/mol. The van der Waals surface area contributed by atoms with Gasteiger partial charge in [-0.1, -0.05) is 42.0 Å². The van der Waals surface area contributed by atoms with Gasteiger partial charge in [-0.15, -0.1) is 11.6 Å². The number of ether oxygens (including phenoxy) is 1. The smallest absolute Gasteiger partial charge is 0.271 e. The number of aliphatic hydroxyl groups is 1. The number of allylic oxidation sites excluding steroid dienone is 2. The first-order valence-corrected chi connectivity index (χ1v) is 16.7. The molecule has 4 aromatic rings. The van der Waals surface area contributed by atoms with Crippen molar-refractivity contribution >= 4 is 45.8 Å². The van der Waals surface area contributed by atoms with Gasteiger partial charge >= 0.3 is 0 Å². The lowest BCUT2D eigenvalue weighted by Crippen LogP contribution is -2.52. The molecule has 0 spiro atoms. The van der Waals surface area contributed by atoms with Crippen LogP contribution in [0.4, 0.5) is 4.39 Å². The maximum atomic E-state index is 14.2. The summed E-state index contributed by atoms with van der Waals surface area (Å²) in [5, 5.41) is 22.4. The van der Waals surface area contributed by atoms with Gasteiger partial charge in [-0.25, -0.2) is 9.37 Å². The fourth-order valence-corrected chi connectivity index (χ4v) is 7.22. The third kappa shape index (κ3) is 6.48. The van der Waals surface area contributed by atoms with Gasteiger partial charge in [-0.2, -0.15) is 5.26 Å². The third-order valence-corrected chi connectivity index (χ3v) is 10.0. The van der Waals surface area contributed by atoms with Crippen LogP contribution in [0, 0.1) is 11.3 Å². The lowest BCUT2D eigenvalue weighted by molar-refractivity contribution is -0.00327. The van der Waals surface area contributed by atoms with Crippen LogP contribution in [0.15, 0.2) is 71.3 Å². The number of nitrogens with zero attached hydrogens (tertiary/aromatic N) is 5. The summed E-state index contributed by atoms with van der Waals surface area (Å²) in [6.07, 6.45) is 5.74. The molecule has 1 amide bonds. The van der Waals surface area contributed by atoms with Crippen LogP contribution in [-0.2, 0) is 30.0 Å². The lowest BCUT2D eigenvalue weighted by atomic mass is 9.82. The van der Waals surface area contributed by atoms with E-state index in [1.807, 2.05) is 29.2 Å². The molecule has 2 unspecified atom stereocenters. The topological polar surface area (TPSA) is 128 Å². The first-order chi connectivity index (χ1) is 23.7. The number of hydrogen-bond acceptors (Lipinski definition) is 9. The number of rotatable bonds is 10. The van der Waals surface area contributed by atoms with Crippen molar-refractivity contribution in [2.45, 2.75) is 42.9 Å². The highest BCUT2D eigenvalue weighted by atomic mass is 35.5. The Balaban J connectivity index is 1.28. The van der Waals surface area contributed by atoms with Crippen molar-refractivity contribution < 1.29 is 23.4 Å². The highest BCUT2D eigenvalue weighted by Crippen LogP contribution is 2.44. The number of oxazole rings is 1. The van der Waals surface area contributed by atoms with E-state index in [1.165, 1.54) is 0 Å². The van der Waals surface area contributed by atoms with Gasteiger partial charge in [-0.3, -0.25) is 19.6 Å². The fourth-order valence-electron chi connectivity index (χ4n) is 6.56. The molecule has 1 aliphatic carbocycles. The molecule has 13 heteroatoms. The number of nitrogens with one attached hydrogen (secondary N) is 1. The number of pyridine rings is 1. The minimum Gasteiger partial charge on any atom is -0.436 e. The Labute approximate surface area is 292 Å². The average Bonchev–Trinajstić information content (AvgIpc) is 3.50. The number of methoxy groups -OCH3 is 1. The van der Waals surface area contributed by atoms with Crippen molar-refractivity contribution in [2.24, 2.45) is 0 Å². The zero-order valence-corrected chi connectivity index (χ0v) is 28.1. The van der Waals surface area contributed by atoms with Gasteiger partial charge in [0.1, 0.15) is 23.5 Å². The number of fused-ring (bicyclic) bond motifs is 1. The number of aromatic nitrogens is 2. The summed E-state index contributed by atoms with van der Waals surface area (Å²) in [5.74, 6) is -0.475. The molecule has 252 valence electrons. The van der Waals surface area contributed by atoms with Crippen LogP contribution in [0.3, 0.4) is 0 Å². The van der Waals surface area contributed by atoms with E-state index in [1.54, 1.807) is 49.7 Å². The molecule has 2 aromatic carbocycles. The lowest BCUT2D eigenvalue weighted by Gasteiger charge is -2.37. The Kier molecular flexibility index (Phi) is 9.28. The number of nitriles is 1. The van der Waals surface area contributed by atoms with Crippen molar-refractivity contribution in [1.29, 1.82) is 5.26 Å². The van der Waals surface area contributed by atoms with Gasteiger partial charge in [0, 0.05) is 57.6 Å². The summed E-state index contributed by atoms with van der Waals surface area (Å²) in [6, 6.07) is 14.6. The van der Waals surface area contributed by atoms with E-state index in [0.29, 0.717) is 60.9 Å². The molecule has 10 nitrogen and oxygen atoms in total. The summed E-state index contributed by atoms with van der Waals surface area (Å²) in [7, 11) is 1.58. The van der Waals surface area contributed by atoms with Crippen LogP contribution in [-0.4, -0.2) is 81.7 Å². The van der Waals surface area contributed by atoms with E-state index in [2.05, 4.69) is 21.3 Å². The van der Waals surface area contributed by atoms with Crippen LogP contribution in [0.5, 0.6) is 0 Å². The number of carbonyl (C=O) groups excluding carboxylic acids is 1. The molecule has 2 aliphatic heterocycles. The van der Waals surface area contributed by atoms with Crippen LogP contribution in [0.1, 0.15) is 44.2 Å². The Morgan fingerprint density at radius 2 is 1.96 bits per heavy atom. The quantitative estimate of drug-likeness (QED) is 0.217. The average molecular weight is 704 g/mol. The van der Waals surface area contributed by atoms with Crippen LogP contribution in [0.25, 0.3) is 16.7 Å². The zero-order chi connectivity index (χ0) is 34.3. The number of aliphatic hydroxyl groups excluding tert-OH is 1. The minimum atomic E-state index is -1.54. The highest BCUT2D eigenvalue weighted by molar-refractivity contribution is 6.34. The molecule has 2 N–H and O–H groups in total. The molecule has 2 fully saturated rings. The monoisotopic (exact) mass is 702 g/mol. The molecule has 3 aliphatic rings. The van der Waals surface area contributed by atoms with Crippen molar-refractivity contribution in [2.75, 3.05) is 33.3 Å². The second-order valence-corrected chi connectivity index (χ2v) is 13.5. The molecule has 4 heterocycles. The van der Waals surface area contributed by atoms with Crippen molar-refractivity contribution in [3.8, 4) is 6.07 Å². The normalized spacial score (nSPS) is 21.6. The van der Waals surface area contributed by atoms with Gasteiger partial charge in [0.25, 0.3) is 5.91 Å². The molecule has 0 saturated carbocycles. The van der Waals surface area contributed by atoms with Crippen LogP contribution >= 0.6 is 23.2 Å². The predicted octanol–water partition coefficient (Wildman–Crippen LogP) is 5.11. The van der Waals surface area contributed by atoms with E-state index >= 15 is 0 Å². The van der Waals surface area contributed by atoms with Gasteiger partial charge < -0.3 is 19.6 Å². The van der Waals surface area contributed by atoms with Crippen molar-refractivity contribution in [3.05, 3.63) is 111 Å². The molecule has 2 aromatic heterocycles. The Bertz CT molecular complexity index is 2020. The maximum Gasteiger partial charge on any atom is 0.271 e. The van der Waals surface area contributed by atoms with Crippen LogP contribution < -0.4 is 5.32 Å². The molecule has 2 saturated heterocycles. The summed E-state index contributed by atoms with van der Waals surface area (Å²) in [4.78, 5) is 27.5. The van der Waals surface area contributed by atoms with E-state index in [9.17, 15) is 19.6 Å². The number of benzene rings is 2. The second-order valence-electron chi connectivity index (χ2n) is 12.7. The molecule has 0 radical (unpaired) electrons. The standard InChI is InChI=1S/C36H33Cl2FN6O4/c1-48-20-23-11-31(41-13-24(23)15-45-18-26(46)19-45)34(47)43-36(8-4-6-28(33(36)38)27-5-2-3-7-29(27)37)35-42-30-10-21(14-44-16-25(39)17-44)9-22(12-40)32(30)49-35/h2-11,13,25-26,33,46H,14-20H2,1H3,(H,43,47). The van der Waals surface area contributed by atoms with Crippen molar-refractivity contribution in [1.82, 2.24) is 25.1 Å². The van der Waals surface area contributed by atoms with Crippen LogP contribution in [0.2, 0.25) is 5.02 Å². The minimum absolute atomic E-state index is 0.0660. The summed E-state index contributed by atoms with van der Waals surface area (Å²) in [6.45, 7) is 3.07. The third-order valence-electron chi connectivity index (χ3n) is 9.10. The van der Waals surface area contributed by atoms with E-state index < -0.39 is 23.0 Å². The Hall–Kier alpha value is -4.15. The summed E-state index contributed by atoms with van der Waals surface area (Å²) >= 11 is 14.0. The van der Waals surface area contributed by atoms with Gasteiger partial charge in [0.05, 0.1) is 23.7 Å². The molecule has 7 rings (SSSR count). The second kappa shape index (κ2) is 13.6. The first-order valence-electron chi connectivity index (χ1n) is 15.9.